The van der Waals surface area contributed by atoms with Gasteiger partial charge in [-0.15, -0.1) is 0 Å². The van der Waals surface area contributed by atoms with Crippen molar-refractivity contribution in [3.8, 4) is 0 Å². The second-order valence-electron chi connectivity index (χ2n) is 4.87. The minimum absolute atomic E-state index is 0.0511. The number of amides is 1. The molecular formula is C16H26N2O. The lowest BCUT2D eigenvalue weighted by atomic mass is 10.1. The van der Waals surface area contributed by atoms with Crippen molar-refractivity contribution in [2.45, 2.75) is 58.9 Å². The van der Waals surface area contributed by atoms with E-state index in [1.807, 2.05) is 25.1 Å². The second-order valence-corrected chi connectivity index (χ2v) is 4.87. The van der Waals surface area contributed by atoms with Gasteiger partial charge in [-0.25, -0.2) is 0 Å². The standard InChI is InChI=1S/C16H26N2O/c1-4-7-9-13(5-2)17-14-10-8-11-15(12-14)18-16(19)6-3/h8,10-13,17H,4-7,9H2,1-3H3,(H,18,19). The fourth-order valence-electron chi connectivity index (χ4n) is 2.00. The molecule has 1 aromatic carbocycles. The van der Waals surface area contributed by atoms with E-state index in [4.69, 9.17) is 0 Å². The van der Waals surface area contributed by atoms with Crippen molar-refractivity contribution >= 4 is 17.3 Å². The molecule has 0 aromatic heterocycles. The third-order valence-electron chi connectivity index (χ3n) is 3.24. The number of hydrogen-bond acceptors (Lipinski definition) is 2. The van der Waals surface area contributed by atoms with Crippen LogP contribution in [-0.2, 0) is 4.79 Å². The van der Waals surface area contributed by atoms with Crippen LogP contribution in [0.2, 0.25) is 0 Å². The lowest BCUT2D eigenvalue weighted by Crippen LogP contribution is -2.18. The Morgan fingerprint density at radius 2 is 1.95 bits per heavy atom. The molecule has 1 amide bonds. The third kappa shape index (κ3) is 5.77. The van der Waals surface area contributed by atoms with Crippen molar-refractivity contribution in [2.24, 2.45) is 0 Å². The summed E-state index contributed by atoms with van der Waals surface area (Å²) in [5, 5.41) is 6.43. The second kappa shape index (κ2) is 8.57. The highest BCUT2D eigenvalue weighted by Crippen LogP contribution is 2.18. The average Bonchev–Trinajstić information content (AvgIpc) is 2.43. The third-order valence-corrected chi connectivity index (χ3v) is 3.24. The number of unbranched alkanes of at least 4 members (excludes halogenated alkanes) is 1. The summed E-state index contributed by atoms with van der Waals surface area (Å²) in [6, 6.07) is 8.46. The first-order chi connectivity index (χ1) is 9.19. The molecule has 1 atom stereocenters. The van der Waals surface area contributed by atoms with Crippen LogP contribution in [0.15, 0.2) is 24.3 Å². The molecule has 0 fully saturated rings. The van der Waals surface area contributed by atoms with E-state index in [2.05, 4.69) is 30.5 Å². The number of benzene rings is 1. The van der Waals surface area contributed by atoms with Gasteiger partial charge >= 0.3 is 0 Å². The molecule has 0 saturated heterocycles. The van der Waals surface area contributed by atoms with Gasteiger partial charge in [0.2, 0.25) is 5.91 Å². The smallest absolute Gasteiger partial charge is 0.224 e. The van der Waals surface area contributed by atoms with Gasteiger partial charge in [0.05, 0.1) is 0 Å². The molecule has 19 heavy (non-hydrogen) atoms. The number of carbonyl (C=O) groups is 1. The van der Waals surface area contributed by atoms with E-state index in [9.17, 15) is 4.79 Å². The maximum atomic E-state index is 11.4. The summed E-state index contributed by atoms with van der Waals surface area (Å²) < 4.78 is 0. The van der Waals surface area contributed by atoms with Crippen molar-refractivity contribution in [3.05, 3.63) is 24.3 Å². The van der Waals surface area contributed by atoms with Crippen LogP contribution >= 0.6 is 0 Å². The van der Waals surface area contributed by atoms with Crippen LogP contribution in [0, 0.1) is 0 Å². The van der Waals surface area contributed by atoms with E-state index in [1.54, 1.807) is 0 Å². The summed E-state index contributed by atoms with van der Waals surface area (Å²) in [7, 11) is 0. The molecule has 0 aliphatic rings. The Morgan fingerprint density at radius 3 is 2.58 bits per heavy atom. The van der Waals surface area contributed by atoms with Crippen molar-refractivity contribution in [2.75, 3.05) is 10.6 Å². The molecule has 2 N–H and O–H groups in total. The molecule has 3 nitrogen and oxygen atoms in total. The molecule has 0 aliphatic heterocycles. The Hall–Kier alpha value is -1.51. The zero-order chi connectivity index (χ0) is 14.1. The molecule has 1 aromatic rings. The summed E-state index contributed by atoms with van der Waals surface area (Å²) >= 11 is 0. The van der Waals surface area contributed by atoms with Crippen LogP contribution in [0.25, 0.3) is 0 Å². The number of hydrogen-bond donors (Lipinski definition) is 2. The minimum Gasteiger partial charge on any atom is -0.382 e. The molecule has 0 heterocycles. The quantitative estimate of drug-likeness (QED) is 0.728. The molecule has 0 saturated carbocycles. The molecule has 106 valence electrons. The Balaban J connectivity index is 2.62. The fraction of sp³-hybridized carbons (Fsp3) is 0.562. The Labute approximate surface area is 116 Å². The first kappa shape index (κ1) is 15.5. The van der Waals surface area contributed by atoms with Gasteiger partial charge in [-0.3, -0.25) is 4.79 Å². The fourth-order valence-corrected chi connectivity index (χ4v) is 2.00. The van der Waals surface area contributed by atoms with Crippen LogP contribution < -0.4 is 10.6 Å². The van der Waals surface area contributed by atoms with E-state index < -0.39 is 0 Å². The van der Waals surface area contributed by atoms with Crippen LogP contribution in [0.5, 0.6) is 0 Å². The van der Waals surface area contributed by atoms with Crippen molar-refractivity contribution in [1.29, 1.82) is 0 Å². The largest absolute Gasteiger partial charge is 0.382 e. The summed E-state index contributed by atoms with van der Waals surface area (Å²) in [5.41, 5.74) is 1.94. The van der Waals surface area contributed by atoms with Crippen LogP contribution in [0.1, 0.15) is 52.9 Å². The summed E-state index contributed by atoms with van der Waals surface area (Å²) in [4.78, 5) is 11.4. The highest BCUT2D eigenvalue weighted by atomic mass is 16.1. The normalized spacial score (nSPS) is 11.9. The van der Waals surface area contributed by atoms with Gasteiger partial charge in [-0.2, -0.15) is 0 Å². The molecule has 0 spiro atoms. The first-order valence-corrected chi connectivity index (χ1v) is 7.36. The monoisotopic (exact) mass is 262 g/mol. The summed E-state index contributed by atoms with van der Waals surface area (Å²) in [6.45, 7) is 6.28. The number of rotatable bonds is 8. The maximum absolute atomic E-state index is 11.4. The van der Waals surface area contributed by atoms with Gasteiger partial charge < -0.3 is 10.6 Å². The SMILES string of the molecule is CCCCC(CC)Nc1cccc(NC(=O)CC)c1. The van der Waals surface area contributed by atoms with Gasteiger partial charge in [0.15, 0.2) is 0 Å². The Bertz CT molecular complexity index is 390. The van der Waals surface area contributed by atoms with E-state index in [0.717, 1.165) is 17.8 Å². The van der Waals surface area contributed by atoms with E-state index in [0.29, 0.717) is 12.5 Å². The minimum atomic E-state index is 0.0511. The van der Waals surface area contributed by atoms with Crippen molar-refractivity contribution in [1.82, 2.24) is 0 Å². The zero-order valence-electron chi connectivity index (χ0n) is 12.3. The summed E-state index contributed by atoms with van der Waals surface area (Å²) in [5.74, 6) is 0.0511. The van der Waals surface area contributed by atoms with Crippen LogP contribution in [0.4, 0.5) is 11.4 Å². The van der Waals surface area contributed by atoms with E-state index in [-0.39, 0.29) is 5.91 Å². The van der Waals surface area contributed by atoms with Gasteiger partial charge in [0, 0.05) is 23.8 Å². The average molecular weight is 262 g/mol. The molecule has 0 aliphatic carbocycles. The Morgan fingerprint density at radius 1 is 1.21 bits per heavy atom. The van der Waals surface area contributed by atoms with Gasteiger partial charge in [0.1, 0.15) is 0 Å². The Kier molecular flexibility index (Phi) is 7.01. The van der Waals surface area contributed by atoms with Crippen molar-refractivity contribution in [3.63, 3.8) is 0 Å². The number of nitrogens with one attached hydrogen (secondary N) is 2. The number of anilines is 2. The lowest BCUT2D eigenvalue weighted by molar-refractivity contribution is -0.115. The highest BCUT2D eigenvalue weighted by molar-refractivity contribution is 5.90. The maximum Gasteiger partial charge on any atom is 0.224 e. The summed E-state index contributed by atoms with van der Waals surface area (Å²) in [6.07, 6.45) is 5.29. The van der Waals surface area contributed by atoms with E-state index >= 15 is 0 Å². The zero-order valence-corrected chi connectivity index (χ0v) is 12.3. The molecule has 0 bridgehead atoms. The predicted molar refractivity (Wildman–Crippen MR) is 82.6 cm³/mol. The lowest BCUT2D eigenvalue weighted by Gasteiger charge is -2.18. The number of carbonyl (C=O) groups excluding carboxylic acids is 1. The van der Waals surface area contributed by atoms with Crippen LogP contribution in [0.3, 0.4) is 0 Å². The van der Waals surface area contributed by atoms with Crippen LogP contribution in [-0.4, -0.2) is 11.9 Å². The molecule has 3 heteroatoms. The van der Waals surface area contributed by atoms with Crippen molar-refractivity contribution < 1.29 is 4.79 Å². The molecular weight excluding hydrogens is 236 g/mol. The molecule has 0 radical (unpaired) electrons. The van der Waals surface area contributed by atoms with Gasteiger partial charge in [-0.1, -0.05) is 39.7 Å². The first-order valence-electron chi connectivity index (χ1n) is 7.36. The van der Waals surface area contributed by atoms with Gasteiger partial charge in [-0.05, 0) is 31.0 Å². The predicted octanol–water partition coefficient (Wildman–Crippen LogP) is 4.42. The van der Waals surface area contributed by atoms with E-state index in [1.165, 1.54) is 19.3 Å². The van der Waals surface area contributed by atoms with Gasteiger partial charge in [0.25, 0.3) is 0 Å². The highest BCUT2D eigenvalue weighted by Gasteiger charge is 2.06. The molecule has 1 rings (SSSR count). The topological polar surface area (TPSA) is 41.1 Å². The molecule has 1 unspecified atom stereocenters.